The molecule has 8 nitrogen and oxygen atoms in total. The smallest absolute Gasteiger partial charge is 0.365 e. The van der Waals surface area contributed by atoms with Crippen LogP contribution in [0.5, 0.6) is 0 Å². The van der Waals surface area contributed by atoms with E-state index in [4.69, 9.17) is 16.2 Å². The molecule has 0 bridgehead atoms. The van der Waals surface area contributed by atoms with Crippen molar-refractivity contribution in [3.05, 3.63) is 40.9 Å². The Kier molecular flexibility index (Phi) is 6.11. The Labute approximate surface area is 147 Å². The van der Waals surface area contributed by atoms with Crippen molar-refractivity contribution in [1.29, 1.82) is 0 Å². The number of halogens is 4. The van der Waals surface area contributed by atoms with Gasteiger partial charge in [0.1, 0.15) is 11.4 Å². The fourth-order valence-electron chi connectivity index (χ4n) is 1.86. The lowest BCUT2D eigenvalue weighted by atomic mass is 10.2. The summed E-state index contributed by atoms with van der Waals surface area (Å²) in [5, 5.41) is 3.08. The Balaban J connectivity index is 2.26. The van der Waals surface area contributed by atoms with Gasteiger partial charge >= 0.3 is 17.5 Å². The third kappa shape index (κ3) is 5.22. The highest BCUT2D eigenvalue weighted by Gasteiger charge is 2.35. The fraction of sp³-hybridized carbons (Fsp3) is 0.250. The number of aromatic nitrogens is 3. The average molecular weight is 398 g/mol. The first kappa shape index (κ1) is 19.3. The lowest BCUT2D eigenvalue weighted by Gasteiger charge is -2.18. The number of hydrogen-bond acceptors (Lipinski definition) is 7. The highest BCUT2D eigenvalue weighted by atomic mass is 35.5. The van der Waals surface area contributed by atoms with Crippen molar-refractivity contribution in [2.45, 2.75) is 12.7 Å². The summed E-state index contributed by atoms with van der Waals surface area (Å²) in [6.07, 6.45) is -2.70. The summed E-state index contributed by atoms with van der Waals surface area (Å²) in [5.74, 6) is -0.372. The van der Waals surface area contributed by atoms with Crippen molar-refractivity contribution in [2.75, 3.05) is 17.4 Å². The van der Waals surface area contributed by atoms with Crippen molar-refractivity contribution in [1.82, 2.24) is 15.0 Å². The molecule has 0 saturated heterocycles. The number of pyridine rings is 1. The number of hydrogen-bond donors (Lipinski definition) is 2. The molecule has 0 aliphatic heterocycles. The van der Waals surface area contributed by atoms with Gasteiger partial charge in [0.25, 0.3) is 0 Å². The first-order chi connectivity index (χ1) is 11.7. The van der Waals surface area contributed by atoms with Crippen LogP contribution in [0.25, 0.3) is 0 Å². The van der Waals surface area contributed by atoms with Crippen LogP contribution in [0, 0.1) is 0 Å². The van der Waals surface area contributed by atoms with Crippen molar-refractivity contribution < 1.29 is 26.2 Å². The van der Waals surface area contributed by atoms with E-state index < -0.39 is 28.9 Å². The molecule has 2 rings (SSSR count). The number of alkyl halides is 3. The minimum Gasteiger partial charge on any atom is -0.365 e. The van der Waals surface area contributed by atoms with Gasteiger partial charge in [-0.1, -0.05) is 6.07 Å². The first-order valence-corrected chi connectivity index (χ1v) is 7.90. The second-order valence-electron chi connectivity index (χ2n) is 4.53. The van der Waals surface area contributed by atoms with E-state index in [-0.39, 0.29) is 17.6 Å². The Morgan fingerprint density at radius 3 is 2.80 bits per heavy atom. The molecule has 1 unspecified atom stereocenters. The second-order valence-corrected chi connectivity index (χ2v) is 5.45. The molecule has 25 heavy (non-hydrogen) atoms. The molecule has 2 aromatic rings. The lowest BCUT2D eigenvalue weighted by Crippen LogP contribution is -2.22. The lowest BCUT2D eigenvalue weighted by molar-refractivity contribution is -0.137. The van der Waals surface area contributed by atoms with Crippen molar-refractivity contribution in [2.24, 2.45) is 0 Å². The minimum atomic E-state index is -4.67. The van der Waals surface area contributed by atoms with E-state index >= 15 is 0 Å². The fourth-order valence-corrected chi connectivity index (χ4v) is 2.26. The molecule has 0 saturated carbocycles. The molecule has 0 aromatic carbocycles. The monoisotopic (exact) mass is 397 g/mol. The summed E-state index contributed by atoms with van der Waals surface area (Å²) in [5.41, 5.74) is -0.693. The predicted molar refractivity (Wildman–Crippen MR) is 83.9 cm³/mol. The van der Waals surface area contributed by atoms with Crippen LogP contribution in [0.3, 0.4) is 0 Å². The molecular formula is C12H11ClF3N5O3S. The summed E-state index contributed by atoms with van der Waals surface area (Å²) in [6, 6.07) is 3.09. The van der Waals surface area contributed by atoms with Gasteiger partial charge in [-0.15, -0.1) is 4.28 Å². The number of hydroxylamine groups is 1. The van der Waals surface area contributed by atoms with E-state index in [1.807, 2.05) is 0 Å². The van der Waals surface area contributed by atoms with E-state index in [0.717, 1.165) is 5.06 Å². The highest BCUT2D eigenvalue weighted by Crippen LogP contribution is 2.34. The van der Waals surface area contributed by atoms with Gasteiger partial charge in [-0.2, -0.15) is 17.4 Å². The number of rotatable bonds is 6. The third-order valence-corrected chi connectivity index (χ3v) is 3.39. The SMILES string of the molecule is CN(OS(=O)O)c1ncccc1CNc1nc(Cl)ncc1C(F)(F)F. The summed E-state index contributed by atoms with van der Waals surface area (Å²) in [6.45, 7) is -0.134. The third-order valence-electron chi connectivity index (χ3n) is 2.85. The molecule has 2 aromatic heterocycles. The van der Waals surface area contributed by atoms with Crippen molar-refractivity contribution >= 4 is 34.6 Å². The summed E-state index contributed by atoms with van der Waals surface area (Å²) < 4.78 is 63.0. The molecule has 0 amide bonds. The highest BCUT2D eigenvalue weighted by molar-refractivity contribution is 7.74. The average Bonchev–Trinajstić information content (AvgIpc) is 2.51. The van der Waals surface area contributed by atoms with Gasteiger partial charge in [-0.25, -0.2) is 20.0 Å². The van der Waals surface area contributed by atoms with Crippen LogP contribution in [0.15, 0.2) is 24.5 Å². The van der Waals surface area contributed by atoms with E-state index in [1.165, 1.54) is 13.2 Å². The van der Waals surface area contributed by atoms with Gasteiger partial charge in [0.2, 0.25) is 5.28 Å². The maximum absolute atomic E-state index is 13.0. The van der Waals surface area contributed by atoms with Gasteiger partial charge in [-0.05, 0) is 17.7 Å². The van der Waals surface area contributed by atoms with E-state index in [0.29, 0.717) is 11.8 Å². The van der Waals surface area contributed by atoms with Crippen molar-refractivity contribution in [3.8, 4) is 0 Å². The number of anilines is 2. The molecule has 0 spiro atoms. The zero-order valence-corrected chi connectivity index (χ0v) is 14.1. The summed E-state index contributed by atoms with van der Waals surface area (Å²) in [4.78, 5) is 10.8. The second kappa shape index (κ2) is 7.91. The molecule has 0 radical (unpaired) electrons. The van der Waals surface area contributed by atoms with Crippen LogP contribution < -0.4 is 10.4 Å². The molecule has 13 heteroatoms. The zero-order chi connectivity index (χ0) is 18.6. The summed E-state index contributed by atoms with van der Waals surface area (Å²) in [7, 11) is 1.32. The van der Waals surface area contributed by atoms with Gasteiger partial charge in [0, 0.05) is 31.5 Å². The topological polar surface area (TPSA) is 100 Å². The molecule has 0 aliphatic carbocycles. The largest absolute Gasteiger partial charge is 0.421 e. The van der Waals surface area contributed by atoms with Gasteiger partial charge in [-0.3, -0.25) is 4.55 Å². The Morgan fingerprint density at radius 2 is 2.16 bits per heavy atom. The van der Waals surface area contributed by atoms with Crippen LogP contribution in [0.1, 0.15) is 11.1 Å². The van der Waals surface area contributed by atoms with Gasteiger partial charge < -0.3 is 5.32 Å². The number of nitrogens with zero attached hydrogens (tertiary/aromatic N) is 4. The van der Waals surface area contributed by atoms with Crippen LogP contribution in [-0.2, 0) is 28.4 Å². The minimum absolute atomic E-state index is 0.131. The zero-order valence-electron chi connectivity index (χ0n) is 12.5. The standard InChI is InChI=1S/C12H11ClF3N5O3S/c1-21(24-25(22)23)10-7(3-2-4-17-10)5-18-9-8(12(14,15)16)6-19-11(13)20-9/h2-4,6H,5H2,1H3,(H,22,23)(H,18,19,20). The molecular weight excluding hydrogens is 387 g/mol. The maximum atomic E-state index is 13.0. The molecule has 0 fully saturated rings. The molecule has 2 heterocycles. The molecule has 136 valence electrons. The van der Waals surface area contributed by atoms with E-state index in [1.54, 1.807) is 12.1 Å². The molecule has 0 aliphatic rings. The maximum Gasteiger partial charge on any atom is 0.421 e. The number of nitrogens with one attached hydrogen (secondary N) is 1. The normalized spacial score (nSPS) is 12.7. The quantitative estimate of drug-likeness (QED) is 0.436. The van der Waals surface area contributed by atoms with E-state index in [2.05, 4.69) is 24.6 Å². The van der Waals surface area contributed by atoms with Gasteiger partial charge in [0.15, 0.2) is 5.82 Å². The first-order valence-electron chi connectivity index (χ1n) is 6.49. The van der Waals surface area contributed by atoms with E-state index in [9.17, 15) is 17.4 Å². The predicted octanol–water partition coefficient (Wildman–Crippen LogP) is 2.66. The van der Waals surface area contributed by atoms with Crippen LogP contribution >= 0.6 is 11.6 Å². The van der Waals surface area contributed by atoms with Crippen LogP contribution in [0.4, 0.5) is 24.8 Å². The Hall–Kier alpha value is -2.02. The Morgan fingerprint density at radius 1 is 1.44 bits per heavy atom. The van der Waals surface area contributed by atoms with Crippen LogP contribution in [-0.4, -0.2) is 30.8 Å². The van der Waals surface area contributed by atoms with Crippen LogP contribution in [0.2, 0.25) is 5.28 Å². The molecule has 1 atom stereocenters. The Bertz CT molecular complexity index is 780. The summed E-state index contributed by atoms with van der Waals surface area (Å²) >= 11 is 2.97. The molecule has 2 N–H and O–H groups in total. The van der Waals surface area contributed by atoms with Gasteiger partial charge in [0.05, 0.1) is 0 Å². The van der Waals surface area contributed by atoms with Crippen molar-refractivity contribution in [3.63, 3.8) is 0 Å².